The van der Waals surface area contributed by atoms with E-state index in [-0.39, 0.29) is 5.91 Å². The maximum Gasteiger partial charge on any atom is 0.253 e. The van der Waals surface area contributed by atoms with Gasteiger partial charge in [-0.2, -0.15) is 0 Å². The Balaban J connectivity index is 1.58. The summed E-state index contributed by atoms with van der Waals surface area (Å²) in [6.07, 6.45) is 3.33. The van der Waals surface area contributed by atoms with Crippen LogP contribution in [-0.4, -0.2) is 22.1 Å². The van der Waals surface area contributed by atoms with Crippen LogP contribution in [0.5, 0.6) is 0 Å². The van der Waals surface area contributed by atoms with Crippen LogP contribution in [0.25, 0.3) is 11.1 Å². The van der Waals surface area contributed by atoms with Gasteiger partial charge in [-0.25, -0.2) is 0 Å². The number of benzene rings is 2. The van der Waals surface area contributed by atoms with Gasteiger partial charge in [0.15, 0.2) is 0 Å². The zero-order valence-corrected chi connectivity index (χ0v) is 14.6. The molecule has 0 saturated heterocycles. The number of halogens is 1. The molecule has 26 heavy (non-hydrogen) atoms. The van der Waals surface area contributed by atoms with Gasteiger partial charge in [-0.15, -0.1) is 0 Å². The molecule has 2 N–H and O–H groups in total. The Morgan fingerprint density at radius 3 is 2.62 bits per heavy atom. The van der Waals surface area contributed by atoms with E-state index in [1.54, 1.807) is 24.5 Å². The van der Waals surface area contributed by atoms with Gasteiger partial charge in [-0.1, -0.05) is 41.9 Å². The summed E-state index contributed by atoms with van der Waals surface area (Å²) in [5, 5.41) is 13.6. The van der Waals surface area contributed by atoms with Gasteiger partial charge in [-0.3, -0.25) is 9.78 Å². The van der Waals surface area contributed by atoms with E-state index in [0.717, 1.165) is 22.3 Å². The van der Waals surface area contributed by atoms with Crippen molar-refractivity contribution in [1.82, 2.24) is 10.3 Å². The van der Waals surface area contributed by atoms with Crippen LogP contribution >= 0.6 is 11.6 Å². The summed E-state index contributed by atoms with van der Waals surface area (Å²) in [6.45, 7) is 0. The van der Waals surface area contributed by atoms with Gasteiger partial charge in [0.05, 0.1) is 22.7 Å². The number of amides is 1. The van der Waals surface area contributed by atoms with Gasteiger partial charge >= 0.3 is 0 Å². The van der Waals surface area contributed by atoms with Crippen LogP contribution in [0.1, 0.15) is 27.5 Å². The molecule has 0 spiro atoms. The van der Waals surface area contributed by atoms with Crippen molar-refractivity contribution < 1.29 is 9.90 Å². The van der Waals surface area contributed by atoms with Crippen LogP contribution in [0.4, 0.5) is 0 Å². The third-order valence-electron chi connectivity index (χ3n) is 4.72. The summed E-state index contributed by atoms with van der Waals surface area (Å²) in [7, 11) is 0. The molecule has 1 heterocycles. The number of hydrogen-bond acceptors (Lipinski definition) is 3. The summed E-state index contributed by atoms with van der Waals surface area (Å²) < 4.78 is 0. The molecule has 130 valence electrons. The molecule has 1 aliphatic carbocycles. The van der Waals surface area contributed by atoms with Crippen LogP contribution in [0.2, 0.25) is 5.02 Å². The fraction of sp³-hybridized carbons (Fsp3) is 0.143. The average molecular weight is 365 g/mol. The minimum absolute atomic E-state index is 0.294. The molecule has 0 unspecified atom stereocenters. The first kappa shape index (κ1) is 16.8. The van der Waals surface area contributed by atoms with Crippen molar-refractivity contribution in [1.29, 1.82) is 0 Å². The smallest absolute Gasteiger partial charge is 0.253 e. The molecule has 4 rings (SSSR count). The molecular weight excluding hydrogens is 348 g/mol. The highest BCUT2D eigenvalue weighted by Crippen LogP contribution is 2.32. The highest BCUT2D eigenvalue weighted by molar-refractivity contribution is 6.34. The SMILES string of the molecule is O=C(N[C@@H]1c2ccccc2C[C@@H]1O)c1ccc(-c2ccncc2)cc1Cl. The highest BCUT2D eigenvalue weighted by atomic mass is 35.5. The number of hydrogen-bond donors (Lipinski definition) is 2. The molecule has 1 aliphatic rings. The first-order chi connectivity index (χ1) is 12.6. The summed E-state index contributed by atoms with van der Waals surface area (Å²) in [6, 6.07) is 16.4. The van der Waals surface area contributed by atoms with E-state index >= 15 is 0 Å². The molecule has 0 fully saturated rings. The van der Waals surface area contributed by atoms with Gasteiger partial charge in [-0.05, 0) is 46.5 Å². The minimum atomic E-state index is -0.633. The molecule has 2 aromatic carbocycles. The van der Waals surface area contributed by atoms with Gasteiger partial charge < -0.3 is 10.4 Å². The van der Waals surface area contributed by atoms with Crippen LogP contribution in [0.15, 0.2) is 67.0 Å². The van der Waals surface area contributed by atoms with Gasteiger partial charge in [0.25, 0.3) is 5.91 Å². The van der Waals surface area contributed by atoms with Crippen molar-refractivity contribution in [3.63, 3.8) is 0 Å². The van der Waals surface area contributed by atoms with Crippen molar-refractivity contribution in [2.24, 2.45) is 0 Å². The maximum atomic E-state index is 12.7. The van der Waals surface area contributed by atoms with E-state index in [4.69, 9.17) is 11.6 Å². The number of aliphatic hydroxyl groups excluding tert-OH is 1. The van der Waals surface area contributed by atoms with Crippen LogP contribution in [-0.2, 0) is 6.42 Å². The lowest BCUT2D eigenvalue weighted by atomic mass is 10.0. The second-order valence-corrected chi connectivity index (χ2v) is 6.76. The first-order valence-corrected chi connectivity index (χ1v) is 8.78. The Bertz CT molecular complexity index is 959. The number of rotatable bonds is 3. The molecule has 1 aromatic heterocycles. The van der Waals surface area contributed by atoms with Gasteiger partial charge in [0.1, 0.15) is 0 Å². The van der Waals surface area contributed by atoms with Crippen molar-refractivity contribution in [2.75, 3.05) is 0 Å². The van der Waals surface area contributed by atoms with Crippen molar-refractivity contribution in [2.45, 2.75) is 18.6 Å². The number of pyridine rings is 1. The van der Waals surface area contributed by atoms with E-state index in [1.165, 1.54) is 0 Å². The largest absolute Gasteiger partial charge is 0.390 e. The number of carbonyl (C=O) groups excluding carboxylic acids is 1. The Kier molecular flexibility index (Phi) is 4.45. The molecule has 1 amide bonds. The van der Waals surface area contributed by atoms with E-state index in [2.05, 4.69) is 10.3 Å². The Morgan fingerprint density at radius 1 is 1.08 bits per heavy atom. The molecule has 4 nitrogen and oxygen atoms in total. The van der Waals surface area contributed by atoms with E-state index < -0.39 is 12.1 Å². The number of nitrogens with zero attached hydrogens (tertiary/aromatic N) is 1. The quantitative estimate of drug-likeness (QED) is 0.743. The number of aromatic nitrogens is 1. The molecule has 0 bridgehead atoms. The van der Waals surface area contributed by atoms with Crippen molar-refractivity contribution in [3.05, 3.63) is 88.7 Å². The lowest BCUT2D eigenvalue weighted by Gasteiger charge is -2.18. The van der Waals surface area contributed by atoms with E-state index in [9.17, 15) is 9.90 Å². The van der Waals surface area contributed by atoms with Crippen LogP contribution in [0, 0.1) is 0 Å². The first-order valence-electron chi connectivity index (χ1n) is 8.40. The third kappa shape index (κ3) is 3.09. The number of fused-ring (bicyclic) bond motifs is 1. The predicted octanol–water partition coefficient (Wildman–Crippen LogP) is 3.79. The fourth-order valence-electron chi connectivity index (χ4n) is 3.39. The second kappa shape index (κ2) is 6.90. The second-order valence-electron chi connectivity index (χ2n) is 6.35. The molecule has 0 saturated carbocycles. The Morgan fingerprint density at radius 2 is 1.85 bits per heavy atom. The van der Waals surface area contributed by atoms with Gasteiger partial charge in [0, 0.05) is 18.8 Å². The summed E-state index contributed by atoms with van der Waals surface area (Å²) in [5.41, 5.74) is 4.30. The standard InChI is InChI=1S/C21H17ClN2O2/c22-18-11-14(13-7-9-23-10-8-13)5-6-17(18)21(26)24-20-16-4-2-1-3-15(16)12-19(20)25/h1-11,19-20,25H,12H2,(H,24,26)/t19-,20+/m0/s1. The maximum absolute atomic E-state index is 12.7. The average Bonchev–Trinajstić information content (AvgIpc) is 2.98. The Labute approximate surface area is 156 Å². The highest BCUT2D eigenvalue weighted by Gasteiger charge is 2.32. The molecular formula is C21H17ClN2O2. The zero-order valence-electron chi connectivity index (χ0n) is 13.9. The normalized spacial score (nSPS) is 18.4. The lowest BCUT2D eigenvalue weighted by Crippen LogP contribution is -2.34. The van der Waals surface area contributed by atoms with Crippen LogP contribution in [0.3, 0.4) is 0 Å². The number of carbonyl (C=O) groups is 1. The monoisotopic (exact) mass is 364 g/mol. The van der Waals surface area contributed by atoms with Gasteiger partial charge in [0.2, 0.25) is 0 Å². The molecule has 0 aliphatic heterocycles. The summed E-state index contributed by atoms with van der Waals surface area (Å²) in [5.74, 6) is -0.294. The topological polar surface area (TPSA) is 62.2 Å². The molecule has 0 radical (unpaired) electrons. The van der Waals surface area contributed by atoms with Crippen molar-refractivity contribution in [3.8, 4) is 11.1 Å². The fourth-order valence-corrected chi connectivity index (χ4v) is 3.66. The summed E-state index contributed by atoms with van der Waals surface area (Å²) in [4.78, 5) is 16.7. The lowest BCUT2D eigenvalue weighted by molar-refractivity contribution is 0.0858. The Hall–Kier alpha value is -2.69. The number of aliphatic hydroxyl groups is 1. The zero-order chi connectivity index (χ0) is 18.1. The number of nitrogens with one attached hydrogen (secondary N) is 1. The van der Waals surface area contributed by atoms with E-state index in [0.29, 0.717) is 17.0 Å². The van der Waals surface area contributed by atoms with Crippen LogP contribution < -0.4 is 5.32 Å². The van der Waals surface area contributed by atoms with E-state index in [1.807, 2.05) is 42.5 Å². The predicted molar refractivity (Wildman–Crippen MR) is 101 cm³/mol. The molecule has 2 atom stereocenters. The third-order valence-corrected chi connectivity index (χ3v) is 5.03. The molecule has 3 aromatic rings. The minimum Gasteiger partial charge on any atom is -0.390 e. The van der Waals surface area contributed by atoms with Crippen molar-refractivity contribution >= 4 is 17.5 Å². The summed E-state index contributed by atoms with van der Waals surface area (Å²) >= 11 is 6.36. The molecule has 5 heteroatoms.